The van der Waals surface area contributed by atoms with Gasteiger partial charge in [0.25, 0.3) is 5.91 Å². The molecule has 112 valence electrons. The summed E-state index contributed by atoms with van der Waals surface area (Å²) in [5, 5.41) is 3.17. The minimum atomic E-state index is -0.647. The quantitative estimate of drug-likeness (QED) is 0.640. The molecular formula is C15H24FN3O. The Kier molecular flexibility index (Phi) is 6.28. The summed E-state index contributed by atoms with van der Waals surface area (Å²) in [5.41, 5.74) is 11.3. The van der Waals surface area contributed by atoms with E-state index in [1.807, 2.05) is 0 Å². The van der Waals surface area contributed by atoms with Gasteiger partial charge in [0.05, 0.1) is 11.3 Å². The van der Waals surface area contributed by atoms with E-state index in [1.54, 1.807) is 0 Å². The van der Waals surface area contributed by atoms with E-state index < -0.39 is 11.7 Å². The smallest absolute Gasteiger partial charge is 0.250 e. The van der Waals surface area contributed by atoms with Crippen LogP contribution in [0.3, 0.4) is 0 Å². The number of carbonyl (C=O) groups is 1. The van der Waals surface area contributed by atoms with Gasteiger partial charge in [0, 0.05) is 11.7 Å². The van der Waals surface area contributed by atoms with Crippen LogP contribution in [0.15, 0.2) is 12.1 Å². The summed E-state index contributed by atoms with van der Waals surface area (Å²) < 4.78 is 13.9. The predicted octanol–water partition coefficient (Wildman–Crippen LogP) is 3.28. The molecule has 5 N–H and O–H groups in total. The van der Waals surface area contributed by atoms with Crippen LogP contribution in [0, 0.1) is 5.82 Å². The first-order chi connectivity index (χ1) is 9.49. The van der Waals surface area contributed by atoms with E-state index in [-0.39, 0.29) is 17.3 Å². The molecule has 0 radical (unpaired) electrons. The second-order valence-corrected chi connectivity index (χ2v) is 5.06. The molecule has 5 heteroatoms. The van der Waals surface area contributed by atoms with E-state index in [1.165, 1.54) is 6.07 Å². The van der Waals surface area contributed by atoms with Crippen molar-refractivity contribution in [3.05, 3.63) is 23.5 Å². The maximum absolute atomic E-state index is 13.9. The van der Waals surface area contributed by atoms with E-state index in [4.69, 9.17) is 11.5 Å². The molecule has 0 fully saturated rings. The topological polar surface area (TPSA) is 81.1 Å². The first-order valence-corrected chi connectivity index (χ1v) is 7.14. The highest BCUT2D eigenvalue weighted by molar-refractivity contribution is 5.99. The lowest BCUT2D eigenvalue weighted by molar-refractivity contribution is 0.100. The molecule has 0 saturated carbocycles. The Morgan fingerprint density at radius 3 is 2.55 bits per heavy atom. The number of nitrogens with one attached hydrogen (secondary N) is 1. The van der Waals surface area contributed by atoms with Crippen molar-refractivity contribution in [1.82, 2.24) is 0 Å². The first-order valence-electron chi connectivity index (χ1n) is 7.14. The lowest BCUT2D eigenvalue weighted by Gasteiger charge is -2.20. The van der Waals surface area contributed by atoms with Crippen LogP contribution in [-0.4, -0.2) is 11.9 Å². The van der Waals surface area contributed by atoms with E-state index in [9.17, 15) is 9.18 Å². The average Bonchev–Trinajstić information content (AvgIpc) is 2.38. The highest BCUT2D eigenvalue weighted by atomic mass is 19.1. The number of carbonyl (C=O) groups excluding carboxylic acids is 1. The van der Waals surface area contributed by atoms with E-state index >= 15 is 0 Å². The van der Waals surface area contributed by atoms with Crippen molar-refractivity contribution in [3.8, 4) is 0 Å². The molecule has 0 aliphatic heterocycles. The minimum Gasteiger partial charge on any atom is -0.398 e. The van der Waals surface area contributed by atoms with Crippen LogP contribution in [0.1, 0.15) is 56.3 Å². The van der Waals surface area contributed by atoms with E-state index in [0.717, 1.165) is 38.2 Å². The zero-order valence-corrected chi connectivity index (χ0v) is 12.2. The number of amides is 1. The number of anilines is 2. The number of halogens is 1. The van der Waals surface area contributed by atoms with E-state index in [0.29, 0.717) is 5.69 Å². The summed E-state index contributed by atoms with van der Waals surface area (Å²) in [6.45, 7) is 4.22. The van der Waals surface area contributed by atoms with Crippen molar-refractivity contribution in [2.75, 3.05) is 11.1 Å². The predicted molar refractivity (Wildman–Crippen MR) is 81.2 cm³/mol. The molecule has 1 aromatic rings. The summed E-state index contributed by atoms with van der Waals surface area (Å²) in [5.74, 6) is -1.10. The third kappa shape index (κ3) is 4.40. The fraction of sp³-hybridized carbons (Fsp3) is 0.533. The summed E-state index contributed by atoms with van der Waals surface area (Å²) in [7, 11) is 0. The molecule has 0 aliphatic carbocycles. The van der Waals surface area contributed by atoms with Gasteiger partial charge in [-0.15, -0.1) is 0 Å². The molecule has 0 bridgehead atoms. The maximum atomic E-state index is 13.9. The maximum Gasteiger partial charge on any atom is 0.250 e. The summed E-state index contributed by atoms with van der Waals surface area (Å²) in [6.07, 6.45) is 5.12. The van der Waals surface area contributed by atoms with Gasteiger partial charge in [-0.2, -0.15) is 0 Å². The van der Waals surface area contributed by atoms with Gasteiger partial charge >= 0.3 is 0 Å². The van der Waals surface area contributed by atoms with Gasteiger partial charge < -0.3 is 16.8 Å². The fourth-order valence-electron chi connectivity index (χ4n) is 2.22. The lowest BCUT2D eigenvalue weighted by atomic mass is 10.0. The van der Waals surface area contributed by atoms with Crippen LogP contribution in [0.4, 0.5) is 15.8 Å². The number of hydrogen-bond acceptors (Lipinski definition) is 3. The molecule has 0 spiro atoms. The molecule has 0 heterocycles. The Morgan fingerprint density at radius 1 is 1.30 bits per heavy atom. The second-order valence-electron chi connectivity index (χ2n) is 5.06. The van der Waals surface area contributed by atoms with Crippen LogP contribution in [0.2, 0.25) is 0 Å². The number of benzene rings is 1. The molecule has 0 aromatic heterocycles. The van der Waals surface area contributed by atoms with Gasteiger partial charge in [-0.25, -0.2) is 4.39 Å². The summed E-state index contributed by atoms with van der Waals surface area (Å²) >= 11 is 0. The van der Waals surface area contributed by atoms with Crippen LogP contribution in [-0.2, 0) is 0 Å². The van der Waals surface area contributed by atoms with E-state index in [2.05, 4.69) is 19.2 Å². The van der Waals surface area contributed by atoms with Crippen molar-refractivity contribution < 1.29 is 9.18 Å². The highest BCUT2D eigenvalue weighted by Crippen LogP contribution is 2.24. The highest BCUT2D eigenvalue weighted by Gasteiger charge is 2.15. The summed E-state index contributed by atoms with van der Waals surface area (Å²) in [4.78, 5) is 11.3. The summed E-state index contributed by atoms with van der Waals surface area (Å²) in [6, 6.07) is 2.74. The largest absolute Gasteiger partial charge is 0.398 e. The monoisotopic (exact) mass is 281 g/mol. The fourth-order valence-corrected chi connectivity index (χ4v) is 2.22. The molecule has 0 saturated heterocycles. The Bertz CT molecular complexity index is 463. The van der Waals surface area contributed by atoms with Gasteiger partial charge in [0.2, 0.25) is 0 Å². The number of nitrogen functional groups attached to an aromatic ring is 1. The number of nitrogens with two attached hydrogens (primary N) is 2. The molecule has 1 atom stereocenters. The number of primary amides is 1. The zero-order valence-electron chi connectivity index (χ0n) is 12.2. The third-order valence-corrected chi connectivity index (χ3v) is 3.31. The normalized spacial score (nSPS) is 12.2. The Hall–Kier alpha value is -1.78. The van der Waals surface area contributed by atoms with Crippen LogP contribution >= 0.6 is 0 Å². The number of hydrogen-bond donors (Lipinski definition) is 3. The second kappa shape index (κ2) is 7.72. The number of rotatable bonds is 8. The third-order valence-electron chi connectivity index (χ3n) is 3.31. The lowest BCUT2D eigenvalue weighted by Crippen LogP contribution is -2.21. The molecule has 1 aromatic carbocycles. The van der Waals surface area contributed by atoms with Gasteiger partial charge in [0.15, 0.2) is 0 Å². The first kappa shape index (κ1) is 16.3. The van der Waals surface area contributed by atoms with Crippen LogP contribution < -0.4 is 16.8 Å². The molecular weight excluding hydrogens is 257 g/mol. The van der Waals surface area contributed by atoms with Crippen molar-refractivity contribution in [1.29, 1.82) is 0 Å². The molecule has 20 heavy (non-hydrogen) atoms. The average molecular weight is 281 g/mol. The standard InChI is InChI=1S/C15H24FN3O/c1-3-5-7-10(6-4-2)19-14-8-11(15(18)20)13(17)9-12(14)16/h8-10,19H,3-7,17H2,1-2H3,(H2,18,20). The van der Waals surface area contributed by atoms with Crippen LogP contribution in [0.25, 0.3) is 0 Å². The van der Waals surface area contributed by atoms with Crippen molar-refractivity contribution in [2.45, 2.75) is 52.0 Å². The molecule has 0 aliphatic rings. The molecule has 4 nitrogen and oxygen atoms in total. The Balaban J connectivity index is 2.93. The SMILES string of the molecule is CCCCC(CCC)Nc1cc(C(N)=O)c(N)cc1F. The van der Waals surface area contributed by atoms with Gasteiger partial charge in [0.1, 0.15) is 5.82 Å². The zero-order chi connectivity index (χ0) is 15.1. The van der Waals surface area contributed by atoms with Crippen LogP contribution in [0.5, 0.6) is 0 Å². The Labute approximate surface area is 119 Å². The van der Waals surface area contributed by atoms with Crippen molar-refractivity contribution in [3.63, 3.8) is 0 Å². The molecule has 1 amide bonds. The minimum absolute atomic E-state index is 0.0705. The van der Waals surface area contributed by atoms with Gasteiger partial charge in [-0.05, 0) is 25.0 Å². The van der Waals surface area contributed by atoms with Gasteiger partial charge in [-0.3, -0.25) is 4.79 Å². The number of unbranched alkanes of at least 4 members (excludes halogenated alkanes) is 1. The van der Waals surface area contributed by atoms with Crippen molar-refractivity contribution in [2.24, 2.45) is 5.73 Å². The van der Waals surface area contributed by atoms with Gasteiger partial charge in [-0.1, -0.05) is 33.1 Å². The molecule has 1 rings (SSSR count). The molecule has 1 unspecified atom stereocenters. The van der Waals surface area contributed by atoms with Crippen molar-refractivity contribution >= 4 is 17.3 Å². The Morgan fingerprint density at radius 2 is 2.00 bits per heavy atom.